The fraction of sp³-hybridized carbons (Fsp3) is 0.455. The van der Waals surface area contributed by atoms with E-state index in [1.807, 2.05) is 25.1 Å². The molecule has 1 aliphatic rings. The zero-order valence-corrected chi connectivity index (χ0v) is 8.79. The molecule has 1 aromatic heterocycles. The van der Waals surface area contributed by atoms with Crippen LogP contribution >= 0.6 is 0 Å². The van der Waals surface area contributed by atoms with Gasteiger partial charge in [0.15, 0.2) is 0 Å². The predicted octanol–water partition coefficient (Wildman–Crippen LogP) is 0.454. The van der Waals surface area contributed by atoms with E-state index in [1.165, 1.54) is 0 Å². The van der Waals surface area contributed by atoms with Crippen LogP contribution in [0.4, 0.5) is 0 Å². The van der Waals surface area contributed by atoms with Crippen molar-refractivity contribution in [3.05, 3.63) is 29.6 Å². The van der Waals surface area contributed by atoms with Crippen molar-refractivity contribution in [2.24, 2.45) is 5.73 Å². The van der Waals surface area contributed by atoms with Gasteiger partial charge in [0.2, 0.25) is 5.91 Å². The summed E-state index contributed by atoms with van der Waals surface area (Å²) >= 11 is 0. The molecule has 3 N–H and O–H groups in total. The molecule has 1 fully saturated rings. The van der Waals surface area contributed by atoms with Crippen LogP contribution in [0.1, 0.15) is 24.2 Å². The van der Waals surface area contributed by atoms with Crippen LogP contribution in [-0.4, -0.2) is 17.4 Å². The van der Waals surface area contributed by atoms with E-state index in [9.17, 15) is 4.79 Å². The van der Waals surface area contributed by atoms with Gasteiger partial charge in [0, 0.05) is 5.69 Å². The number of nitrogens with two attached hydrogens (primary N) is 1. The third-order valence-corrected chi connectivity index (χ3v) is 2.90. The summed E-state index contributed by atoms with van der Waals surface area (Å²) in [6, 6.07) is 5.67. The summed E-state index contributed by atoms with van der Waals surface area (Å²) in [5, 5.41) is 3.18. The summed E-state index contributed by atoms with van der Waals surface area (Å²) in [7, 11) is 0. The van der Waals surface area contributed by atoms with Crippen molar-refractivity contribution in [2.75, 3.05) is 6.54 Å². The minimum atomic E-state index is -0.744. The first kappa shape index (κ1) is 10.1. The number of carbonyl (C=O) groups is 1. The van der Waals surface area contributed by atoms with Gasteiger partial charge in [-0.2, -0.15) is 0 Å². The van der Waals surface area contributed by atoms with E-state index in [0.29, 0.717) is 0 Å². The van der Waals surface area contributed by atoms with Gasteiger partial charge in [0.05, 0.1) is 5.69 Å². The van der Waals surface area contributed by atoms with E-state index in [1.54, 1.807) is 0 Å². The Morgan fingerprint density at radius 3 is 2.93 bits per heavy atom. The third-order valence-electron chi connectivity index (χ3n) is 2.90. The highest BCUT2D eigenvalue weighted by Gasteiger charge is 2.42. The fourth-order valence-electron chi connectivity index (χ4n) is 2.08. The van der Waals surface area contributed by atoms with Crippen molar-refractivity contribution in [2.45, 2.75) is 25.3 Å². The number of primary amides is 1. The number of aryl methyl sites for hydroxylation is 1. The van der Waals surface area contributed by atoms with Crippen LogP contribution < -0.4 is 11.1 Å². The molecule has 0 aliphatic carbocycles. The van der Waals surface area contributed by atoms with Crippen molar-refractivity contribution in [1.82, 2.24) is 10.3 Å². The second kappa shape index (κ2) is 3.62. The van der Waals surface area contributed by atoms with Crippen LogP contribution in [0.5, 0.6) is 0 Å². The maximum Gasteiger partial charge on any atom is 0.243 e. The topological polar surface area (TPSA) is 68.0 Å². The van der Waals surface area contributed by atoms with Crippen molar-refractivity contribution >= 4 is 5.91 Å². The summed E-state index contributed by atoms with van der Waals surface area (Å²) in [5.74, 6) is -0.335. The van der Waals surface area contributed by atoms with Crippen LogP contribution in [0.25, 0.3) is 0 Å². The number of aromatic nitrogens is 1. The largest absolute Gasteiger partial charge is 0.368 e. The van der Waals surface area contributed by atoms with Crippen molar-refractivity contribution < 1.29 is 4.79 Å². The molecule has 1 atom stereocenters. The lowest BCUT2D eigenvalue weighted by Crippen LogP contribution is -2.49. The van der Waals surface area contributed by atoms with E-state index < -0.39 is 5.54 Å². The monoisotopic (exact) mass is 205 g/mol. The Labute approximate surface area is 88.9 Å². The standard InChI is InChI=1S/C11H15N3O/c1-8-4-2-5-9(14-8)11(10(12)15)6-3-7-13-11/h2,4-5,13H,3,6-7H2,1H3,(H2,12,15)/t11-/m0/s1. The van der Waals surface area contributed by atoms with Crippen molar-refractivity contribution in [3.63, 3.8) is 0 Å². The number of hydrogen-bond donors (Lipinski definition) is 2. The molecule has 1 aliphatic heterocycles. The maximum absolute atomic E-state index is 11.6. The van der Waals surface area contributed by atoms with Gasteiger partial charge in [-0.3, -0.25) is 15.1 Å². The van der Waals surface area contributed by atoms with Gasteiger partial charge in [-0.05, 0) is 38.4 Å². The first-order chi connectivity index (χ1) is 7.15. The van der Waals surface area contributed by atoms with Crippen LogP contribution in [0.3, 0.4) is 0 Å². The smallest absolute Gasteiger partial charge is 0.243 e. The average molecular weight is 205 g/mol. The van der Waals surface area contributed by atoms with Crippen LogP contribution in [0.15, 0.2) is 18.2 Å². The number of carbonyl (C=O) groups excluding carboxylic acids is 1. The van der Waals surface area contributed by atoms with Gasteiger partial charge < -0.3 is 5.73 Å². The quantitative estimate of drug-likeness (QED) is 0.736. The molecular weight excluding hydrogens is 190 g/mol. The molecule has 15 heavy (non-hydrogen) atoms. The first-order valence-electron chi connectivity index (χ1n) is 5.14. The summed E-state index contributed by atoms with van der Waals surface area (Å²) in [5.41, 5.74) is 6.38. The number of rotatable bonds is 2. The van der Waals surface area contributed by atoms with Gasteiger partial charge in [-0.1, -0.05) is 6.07 Å². The Bertz CT molecular complexity index is 383. The molecule has 2 heterocycles. The van der Waals surface area contributed by atoms with Crippen LogP contribution in [-0.2, 0) is 10.3 Å². The van der Waals surface area contributed by atoms with E-state index in [-0.39, 0.29) is 5.91 Å². The SMILES string of the molecule is Cc1cccc([C@]2(C(N)=O)CCCN2)n1. The molecule has 4 heteroatoms. The number of nitrogens with zero attached hydrogens (tertiary/aromatic N) is 1. The van der Waals surface area contributed by atoms with Gasteiger partial charge in [-0.25, -0.2) is 0 Å². The van der Waals surface area contributed by atoms with E-state index in [4.69, 9.17) is 5.73 Å². The molecule has 0 bridgehead atoms. The summed E-state index contributed by atoms with van der Waals surface area (Å²) < 4.78 is 0. The summed E-state index contributed by atoms with van der Waals surface area (Å²) in [6.45, 7) is 2.73. The highest BCUT2D eigenvalue weighted by Crippen LogP contribution is 2.29. The Hall–Kier alpha value is -1.42. The molecule has 4 nitrogen and oxygen atoms in total. The van der Waals surface area contributed by atoms with Crippen molar-refractivity contribution in [1.29, 1.82) is 0 Å². The third kappa shape index (κ3) is 1.61. The minimum absolute atomic E-state index is 0.335. The predicted molar refractivity (Wildman–Crippen MR) is 57.1 cm³/mol. The normalized spacial score (nSPS) is 25.4. The molecule has 1 aromatic rings. The number of hydrogen-bond acceptors (Lipinski definition) is 3. The lowest BCUT2D eigenvalue weighted by molar-refractivity contribution is -0.124. The summed E-state index contributed by atoms with van der Waals surface area (Å²) in [4.78, 5) is 15.9. The lowest BCUT2D eigenvalue weighted by Gasteiger charge is -2.25. The molecule has 0 radical (unpaired) electrons. The Balaban J connectivity index is 2.45. The molecule has 2 rings (SSSR count). The van der Waals surface area contributed by atoms with Crippen molar-refractivity contribution in [3.8, 4) is 0 Å². The number of pyridine rings is 1. The average Bonchev–Trinajstić information content (AvgIpc) is 2.67. The molecule has 1 saturated heterocycles. The van der Waals surface area contributed by atoms with Gasteiger partial charge in [-0.15, -0.1) is 0 Å². The Kier molecular flexibility index (Phi) is 2.44. The highest BCUT2D eigenvalue weighted by atomic mass is 16.1. The molecule has 0 aromatic carbocycles. The molecular formula is C11H15N3O. The lowest BCUT2D eigenvalue weighted by atomic mass is 9.92. The zero-order valence-electron chi connectivity index (χ0n) is 8.79. The number of amides is 1. The molecule has 1 amide bonds. The number of nitrogens with one attached hydrogen (secondary N) is 1. The Morgan fingerprint density at radius 1 is 1.60 bits per heavy atom. The molecule has 0 unspecified atom stereocenters. The maximum atomic E-state index is 11.6. The molecule has 0 saturated carbocycles. The van der Waals surface area contributed by atoms with E-state index in [0.717, 1.165) is 30.8 Å². The molecule has 80 valence electrons. The Morgan fingerprint density at radius 2 is 2.40 bits per heavy atom. The fourth-order valence-corrected chi connectivity index (χ4v) is 2.08. The minimum Gasteiger partial charge on any atom is -0.368 e. The second-order valence-electron chi connectivity index (χ2n) is 3.96. The van der Waals surface area contributed by atoms with Crippen LogP contribution in [0, 0.1) is 6.92 Å². The second-order valence-corrected chi connectivity index (χ2v) is 3.96. The highest BCUT2D eigenvalue weighted by molar-refractivity contribution is 5.86. The van der Waals surface area contributed by atoms with Gasteiger partial charge in [0.1, 0.15) is 5.54 Å². The summed E-state index contributed by atoms with van der Waals surface area (Å²) in [6.07, 6.45) is 1.69. The van der Waals surface area contributed by atoms with E-state index in [2.05, 4.69) is 10.3 Å². The molecule has 0 spiro atoms. The van der Waals surface area contributed by atoms with Crippen LogP contribution in [0.2, 0.25) is 0 Å². The van der Waals surface area contributed by atoms with Gasteiger partial charge in [0.25, 0.3) is 0 Å². The van der Waals surface area contributed by atoms with E-state index >= 15 is 0 Å². The van der Waals surface area contributed by atoms with Gasteiger partial charge >= 0.3 is 0 Å². The zero-order chi connectivity index (χ0) is 10.9. The first-order valence-corrected chi connectivity index (χ1v) is 5.14.